The number of rotatable bonds is 2. The zero-order valence-electron chi connectivity index (χ0n) is 7.41. The molecule has 0 bridgehead atoms. The van der Waals surface area contributed by atoms with E-state index in [0.29, 0.717) is 0 Å². The molecule has 0 saturated heterocycles. The molecule has 0 fully saturated rings. The zero-order chi connectivity index (χ0) is 12.0. The molecular formula is C5H9N7O3. The summed E-state index contributed by atoms with van der Waals surface area (Å²) in [7, 11) is 0. The van der Waals surface area contributed by atoms with Gasteiger partial charge in [0.05, 0.1) is 0 Å². The summed E-state index contributed by atoms with van der Waals surface area (Å²) in [5, 5.41) is 10.7. The number of oxime groups is 1. The molecule has 0 saturated carbocycles. The standard InChI is InChI=1S/C5H9N7O3/c6-4(7)10-2(13)1(12-15)3(14)11-5(8)9/h15H,(H4,6,7,10,13)(H4,8,9,11,14). The van der Waals surface area contributed by atoms with Gasteiger partial charge in [0.2, 0.25) is 5.71 Å². The molecule has 0 aromatic rings. The molecule has 10 heteroatoms. The second-order valence-corrected chi connectivity index (χ2v) is 2.13. The third-order valence-electron chi connectivity index (χ3n) is 0.966. The fourth-order valence-electron chi connectivity index (χ4n) is 0.517. The average molecular weight is 215 g/mol. The summed E-state index contributed by atoms with van der Waals surface area (Å²) in [6.07, 6.45) is 0. The number of carbonyl (C=O) groups excluding carboxylic acids is 2. The Hall–Kier alpha value is -2.65. The predicted molar refractivity (Wildman–Crippen MR) is 50.9 cm³/mol. The van der Waals surface area contributed by atoms with Crippen LogP contribution in [0.4, 0.5) is 0 Å². The van der Waals surface area contributed by atoms with Crippen LogP contribution in [-0.4, -0.2) is 34.7 Å². The van der Waals surface area contributed by atoms with E-state index < -0.39 is 29.4 Å². The van der Waals surface area contributed by atoms with Gasteiger partial charge in [0.25, 0.3) is 0 Å². The molecule has 0 unspecified atom stereocenters. The van der Waals surface area contributed by atoms with Crippen molar-refractivity contribution < 1.29 is 14.8 Å². The van der Waals surface area contributed by atoms with Crippen molar-refractivity contribution in [3.8, 4) is 0 Å². The molecule has 0 aromatic heterocycles. The van der Waals surface area contributed by atoms with Gasteiger partial charge in [0, 0.05) is 0 Å². The van der Waals surface area contributed by atoms with E-state index in [1.54, 1.807) is 0 Å². The van der Waals surface area contributed by atoms with Crippen molar-refractivity contribution in [1.29, 1.82) is 0 Å². The molecule has 9 N–H and O–H groups in total. The van der Waals surface area contributed by atoms with Gasteiger partial charge in [-0.05, 0) is 0 Å². The van der Waals surface area contributed by atoms with Crippen LogP contribution < -0.4 is 22.9 Å². The number of guanidine groups is 2. The molecule has 0 aromatic carbocycles. The highest BCUT2D eigenvalue weighted by Gasteiger charge is 2.20. The number of aliphatic imine (C=N–C) groups is 2. The first-order valence-corrected chi connectivity index (χ1v) is 3.38. The van der Waals surface area contributed by atoms with E-state index in [2.05, 4.69) is 15.1 Å². The number of amides is 2. The maximum atomic E-state index is 11.0. The highest BCUT2D eigenvalue weighted by atomic mass is 16.4. The Labute approximate surface area is 83.3 Å². The monoisotopic (exact) mass is 215 g/mol. The van der Waals surface area contributed by atoms with Gasteiger partial charge in [-0.3, -0.25) is 9.59 Å². The van der Waals surface area contributed by atoms with Crippen molar-refractivity contribution in [3.63, 3.8) is 0 Å². The summed E-state index contributed by atoms with van der Waals surface area (Å²) in [6.45, 7) is 0. The van der Waals surface area contributed by atoms with Crippen molar-refractivity contribution in [1.82, 2.24) is 0 Å². The molecule has 0 aliphatic heterocycles. The first-order chi connectivity index (χ1) is 6.88. The Kier molecular flexibility index (Phi) is 4.25. The summed E-state index contributed by atoms with van der Waals surface area (Å²) in [4.78, 5) is 27.9. The van der Waals surface area contributed by atoms with Crippen molar-refractivity contribution >= 4 is 29.4 Å². The second kappa shape index (κ2) is 5.16. The number of hydrogen-bond acceptors (Lipinski definition) is 4. The smallest absolute Gasteiger partial charge is 0.308 e. The van der Waals surface area contributed by atoms with E-state index in [0.717, 1.165) is 0 Å². The van der Waals surface area contributed by atoms with E-state index in [-0.39, 0.29) is 0 Å². The molecule has 0 radical (unpaired) electrons. The first kappa shape index (κ1) is 12.3. The summed E-state index contributed by atoms with van der Waals surface area (Å²) < 4.78 is 0. The molecule has 0 rings (SSSR count). The Morgan fingerprint density at radius 2 is 1.20 bits per heavy atom. The van der Waals surface area contributed by atoms with E-state index in [4.69, 9.17) is 28.1 Å². The molecule has 0 heterocycles. The SMILES string of the molecule is NC(N)=NC(=O)C(=NO)C(=O)N=C(N)N. The fraction of sp³-hybridized carbons (Fsp3) is 0. The van der Waals surface area contributed by atoms with Gasteiger partial charge in [0.15, 0.2) is 11.9 Å². The second-order valence-electron chi connectivity index (χ2n) is 2.13. The van der Waals surface area contributed by atoms with E-state index >= 15 is 0 Å². The van der Waals surface area contributed by atoms with Crippen LogP contribution in [0.15, 0.2) is 15.1 Å². The van der Waals surface area contributed by atoms with E-state index in [1.165, 1.54) is 0 Å². The summed E-state index contributed by atoms with van der Waals surface area (Å²) in [5.41, 5.74) is 18.4. The van der Waals surface area contributed by atoms with Gasteiger partial charge in [0.1, 0.15) is 0 Å². The molecule has 0 atom stereocenters. The number of nitrogens with zero attached hydrogens (tertiary/aromatic N) is 3. The third-order valence-corrected chi connectivity index (χ3v) is 0.966. The van der Waals surface area contributed by atoms with Crippen molar-refractivity contribution in [2.45, 2.75) is 0 Å². The van der Waals surface area contributed by atoms with Gasteiger partial charge in [-0.2, -0.15) is 9.98 Å². The van der Waals surface area contributed by atoms with Crippen molar-refractivity contribution in [2.24, 2.45) is 38.1 Å². The topological polar surface area (TPSA) is 196 Å². The minimum Gasteiger partial charge on any atom is -0.410 e. The quantitative estimate of drug-likeness (QED) is 0.103. The molecule has 15 heavy (non-hydrogen) atoms. The third kappa shape index (κ3) is 4.21. The Morgan fingerprint density at radius 3 is 1.40 bits per heavy atom. The van der Waals surface area contributed by atoms with Crippen LogP contribution in [0, 0.1) is 0 Å². The summed E-state index contributed by atoms with van der Waals surface area (Å²) >= 11 is 0. The maximum Gasteiger partial charge on any atom is 0.308 e. The van der Waals surface area contributed by atoms with Crippen molar-refractivity contribution in [2.75, 3.05) is 0 Å². The number of nitrogens with two attached hydrogens (primary N) is 4. The summed E-state index contributed by atoms with van der Waals surface area (Å²) in [5.74, 6) is -3.71. The molecule has 0 aliphatic rings. The van der Waals surface area contributed by atoms with Crippen LogP contribution in [-0.2, 0) is 9.59 Å². The highest BCUT2D eigenvalue weighted by molar-refractivity contribution is 6.66. The summed E-state index contributed by atoms with van der Waals surface area (Å²) in [6, 6.07) is 0. The normalized spacial score (nSPS) is 8.53. The molecule has 10 nitrogen and oxygen atoms in total. The predicted octanol–water partition coefficient (Wildman–Crippen LogP) is -3.58. The fourth-order valence-corrected chi connectivity index (χ4v) is 0.517. The molecule has 0 spiro atoms. The van der Waals surface area contributed by atoms with Crippen LogP contribution in [0.2, 0.25) is 0 Å². The minimum absolute atomic E-state index is 0.598. The first-order valence-electron chi connectivity index (χ1n) is 3.38. The van der Waals surface area contributed by atoms with E-state index in [9.17, 15) is 9.59 Å². The number of hydrogen-bond donors (Lipinski definition) is 5. The molecular weight excluding hydrogens is 206 g/mol. The van der Waals surface area contributed by atoms with Crippen molar-refractivity contribution in [3.05, 3.63) is 0 Å². The van der Waals surface area contributed by atoms with E-state index in [1.807, 2.05) is 0 Å². The largest absolute Gasteiger partial charge is 0.410 e. The number of carbonyl (C=O) groups is 2. The van der Waals surface area contributed by atoms with Crippen LogP contribution >= 0.6 is 0 Å². The molecule has 0 aliphatic carbocycles. The molecule has 2 amide bonds. The maximum absolute atomic E-state index is 11.0. The van der Waals surface area contributed by atoms with Gasteiger partial charge in [-0.25, -0.2) is 0 Å². The van der Waals surface area contributed by atoms with Crippen LogP contribution in [0.1, 0.15) is 0 Å². The zero-order valence-corrected chi connectivity index (χ0v) is 7.41. The highest BCUT2D eigenvalue weighted by Crippen LogP contribution is 1.87. The lowest BCUT2D eigenvalue weighted by Crippen LogP contribution is -2.31. The lowest BCUT2D eigenvalue weighted by Gasteiger charge is -1.95. The van der Waals surface area contributed by atoms with Gasteiger partial charge in [-0.15, -0.1) is 0 Å². The Morgan fingerprint density at radius 1 is 0.867 bits per heavy atom. The lowest BCUT2D eigenvalue weighted by molar-refractivity contribution is -0.115. The molecule has 82 valence electrons. The lowest BCUT2D eigenvalue weighted by atomic mass is 10.3. The minimum atomic E-state index is -1.26. The van der Waals surface area contributed by atoms with Crippen LogP contribution in [0.3, 0.4) is 0 Å². The van der Waals surface area contributed by atoms with Crippen LogP contribution in [0.25, 0.3) is 0 Å². The van der Waals surface area contributed by atoms with Gasteiger partial charge < -0.3 is 28.1 Å². The average Bonchev–Trinajstić information content (AvgIpc) is 2.01. The van der Waals surface area contributed by atoms with Gasteiger partial charge in [-0.1, -0.05) is 5.16 Å². The Balaban J connectivity index is 4.97. The Bertz CT molecular complexity index is 329. The van der Waals surface area contributed by atoms with Gasteiger partial charge >= 0.3 is 11.8 Å². The van der Waals surface area contributed by atoms with Crippen LogP contribution in [0.5, 0.6) is 0 Å².